The molecule has 6 nitrogen and oxygen atoms in total. The van der Waals surface area contributed by atoms with E-state index in [1.54, 1.807) is 20.8 Å². The van der Waals surface area contributed by atoms with Crippen LogP contribution in [-0.2, 0) is 9.53 Å². The Kier molecular flexibility index (Phi) is 5.02. The summed E-state index contributed by atoms with van der Waals surface area (Å²) in [7, 11) is 0. The molecule has 116 valence electrons. The molecule has 0 bridgehead atoms. The van der Waals surface area contributed by atoms with Crippen molar-refractivity contribution in [1.82, 2.24) is 5.32 Å². The number of alkyl carbamates (subject to hydrolysis) is 1. The van der Waals surface area contributed by atoms with Crippen molar-refractivity contribution < 1.29 is 24.5 Å². The molecule has 6 heteroatoms. The summed E-state index contributed by atoms with van der Waals surface area (Å²) < 4.78 is 5.13. The first-order valence-corrected chi connectivity index (χ1v) is 6.97. The molecule has 1 fully saturated rings. The van der Waals surface area contributed by atoms with Crippen molar-refractivity contribution >= 4 is 12.1 Å². The monoisotopic (exact) mass is 287 g/mol. The molecule has 0 saturated heterocycles. The zero-order valence-electron chi connectivity index (χ0n) is 12.6. The summed E-state index contributed by atoms with van der Waals surface area (Å²) in [5.41, 5.74) is -2.05. The Bertz CT molecular complexity index is 368. The lowest BCUT2D eigenvalue weighted by Crippen LogP contribution is -2.58. The Hall–Kier alpha value is -1.30. The van der Waals surface area contributed by atoms with E-state index >= 15 is 0 Å². The number of carbonyl (C=O) groups excluding carboxylic acids is 1. The van der Waals surface area contributed by atoms with Gasteiger partial charge in [-0.2, -0.15) is 0 Å². The summed E-state index contributed by atoms with van der Waals surface area (Å²) in [4.78, 5) is 23.4. The Balaban J connectivity index is 2.77. The van der Waals surface area contributed by atoms with Crippen molar-refractivity contribution in [3.63, 3.8) is 0 Å². The van der Waals surface area contributed by atoms with E-state index in [0.717, 1.165) is 0 Å². The number of amides is 1. The number of hydrogen-bond acceptors (Lipinski definition) is 4. The number of carbonyl (C=O) groups is 2. The van der Waals surface area contributed by atoms with Crippen LogP contribution in [0.2, 0.25) is 0 Å². The van der Waals surface area contributed by atoms with Crippen molar-refractivity contribution in [2.75, 3.05) is 0 Å². The van der Waals surface area contributed by atoms with Crippen LogP contribution in [0.15, 0.2) is 0 Å². The summed E-state index contributed by atoms with van der Waals surface area (Å²) in [6.07, 6.45) is 1.16. The number of rotatable bonds is 3. The van der Waals surface area contributed by atoms with Gasteiger partial charge in [-0.05, 0) is 59.3 Å². The molecule has 0 aromatic rings. The molecule has 0 heterocycles. The predicted octanol–water partition coefficient (Wildman–Crippen LogP) is 1.91. The fraction of sp³-hybridized carbons (Fsp3) is 0.857. The lowest BCUT2D eigenvalue weighted by Gasteiger charge is -2.38. The van der Waals surface area contributed by atoms with Crippen LogP contribution >= 0.6 is 0 Å². The van der Waals surface area contributed by atoms with Gasteiger partial charge in [0.15, 0.2) is 0 Å². The van der Waals surface area contributed by atoms with Gasteiger partial charge in [-0.15, -0.1) is 0 Å². The minimum atomic E-state index is -1.37. The van der Waals surface area contributed by atoms with E-state index in [9.17, 15) is 19.8 Å². The SMILES string of the molecule is CC(C)(C)OC(=O)N[C@](C)(C(=O)O)C1CCC(O)CC1. The molecule has 1 aliphatic rings. The largest absolute Gasteiger partial charge is 0.480 e. The van der Waals surface area contributed by atoms with Gasteiger partial charge in [-0.3, -0.25) is 0 Å². The lowest BCUT2D eigenvalue weighted by molar-refractivity contribution is -0.147. The molecule has 0 aromatic heterocycles. The summed E-state index contributed by atoms with van der Waals surface area (Å²) in [6.45, 7) is 6.67. The number of aliphatic hydroxyl groups excluding tert-OH is 1. The van der Waals surface area contributed by atoms with Gasteiger partial charge in [0.05, 0.1) is 6.10 Å². The van der Waals surface area contributed by atoms with E-state index in [1.807, 2.05) is 0 Å². The normalized spacial score (nSPS) is 26.4. The first kappa shape index (κ1) is 16.8. The van der Waals surface area contributed by atoms with Gasteiger partial charge >= 0.3 is 12.1 Å². The van der Waals surface area contributed by atoms with Crippen LogP contribution in [0.25, 0.3) is 0 Å². The molecule has 20 heavy (non-hydrogen) atoms. The first-order chi connectivity index (χ1) is 9.04. The van der Waals surface area contributed by atoms with Crippen molar-refractivity contribution in [2.45, 2.75) is 70.6 Å². The van der Waals surface area contributed by atoms with Crippen LogP contribution in [0.4, 0.5) is 4.79 Å². The van der Waals surface area contributed by atoms with E-state index in [2.05, 4.69) is 5.32 Å². The number of aliphatic hydroxyl groups is 1. The second-order valence-electron chi connectivity index (χ2n) is 6.64. The highest BCUT2D eigenvalue weighted by Gasteiger charge is 2.44. The highest BCUT2D eigenvalue weighted by atomic mass is 16.6. The quantitative estimate of drug-likeness (QED) is 0.737. The number of carboxylic acids is 1. The summed E-state index contributed by atoms with van der Waals surface area (Å²) in [5, 5.41) is 21.5. The molecule has 1 rings (SSSR count). The fourth-order valence-corrected chi connectivity index (χ4v) is 2.50. The molecule has 0 aliphatic heterocycles. The second-order valence-corrected chi connectivity index (χ2v) is 6.64. The van der Waals surface area contributed by atoms with Gasteiger partial charge in [0.1, 0.15) is 11.1 Å². The number of ether oxygens (including phenoxy) is 1. The van der Waals surface area contributed by atoms with Gasteiger partial charge in [0.25, 0.3) is 0 Å². The molecule has 0 radical (unpaired) electrons. The maximum absolute atomic E-state index is 11.8. The first-order valence-electron chi connectivity index (χ1n) is 6.97. The zero-order valence-corrected chi connectivity index (χ0v) is 12.6. The maximum Gasteiger partial charge on any atom is 0.408 e. The van der Waals surface area contributed by atoms with Crippen LogP contribution in [0.3, 0.4) is 0 Å². The zero-order chi connectivity index (χ0) is 15.6. The van der Waals surface area contributed by atoms with E-state index in [4.69, 9.17) is 4.74 Å². The van der Waals surface area contributed by atoms with E-state index in [0.29, 0.717) is 25.7 Å². The Morgan fingerprint density at radius 1 is 1.10 bits per heavy atom. The van der Waals surface area contributed by atoms with Crippen LogP contribution in [0.1, 0.15) is 53.4 Å². The van der Waals surface area contributed by atoms with Crippen molar-refractivity contribution in [1.29, 1.82) is 0 Å². The highest BCUT2D eigenvalue weighted by Crippen LogP contribution is 2.33. The topological polar surface area (TPSA) is 95.9 Å². The molecule has 0 aromatic carbocycles. The predicted molar refractivity (Wildman–Crippen MR) is 73.4 cm³/mol. The number of carboxylic acid groups (broad SMARTS) is 1. The average Bonchev–Trinajstić information content (AvgIpc) is 2.26. The summed E-state index contributed by atoms with van der Waals surface area (Å²) >= 11 is 0. The highest BCUT2D eigenvalue weighted by molar-refractivity contribution is 5.84. The van der Waals surface area contributed by atoms with Gasteiger partial charge in [-0.1, -0.05) is 0 Å². The van der Waals surface area contributed by atoms with Crippen molar-refractivity contribution in [3.8, 4) is 0 Å². The standard InChI is InChI=1S/C14H25NO5/c1-13(2,3)20-12(19)15-14(4,11(17)18)9-5-7-10(16)8-6-9/h9-10,16H,5-8H2,1-4H3,(H,15,19)(H,17,18)/t9?,10?,14-/m0/s1. The summed E-state index contributed by atoms with van der Waals surface area (Å²) in [6, 6.07) is 0. The average molecular weight is 287 g/mol. The molecule has 1 aliphatic carbocycles. The van der Waals surface area contributed by atoms with Crippen LogP contribution in [0, 0.1) is 5.92 Å². The maximum atomic E-state index is 11.8. The third-order valence-electron chi connectivity index (χ3n) is 3.72. The van der Waals surface area contributed by atoms with Crippen LogP contribution in [-0.4, -0.2) is 39.5 Å². The smallest absolute Gasteiger partial charge is 0.408 e. The number of hydrogen-bond donors (Lipinski definition) is 3. The third kappa shape index (κ3) is 4.37. The third-order valence-corrected chi connectivity index (χ3v) is 3.72. The van der Waals surface area contributed by atoms with Crippen molar-refractivity contribution in [3.05, 3.63) is 0 Å². The van der Waals surface area contributed by atoms with Crippen LogP contribution < -0.4 is 5.32 Å². The molecule has 3 N–H and O–H groups in total. The lowest BCUT2D eigenvalue weighted by atomic mass is 9.75. The van der Waals surface area contributed by atoms with Gasteiger partial charge in [0.2, 0.25) is 0 Å². The Morgan fingerprint density at radius 3 is 2.00 bits per heavy atom. The fourth-order valence-electron chi connectivity index (χ4n) is 2.50. The second kappa shape index (κ2) is 5.99. The minimum Gasteiger partial charge on any atom is -0.480 e. The van der Waals surface area contributed by atoms with E-state index < -0.39 is 23.2 Å². The molecular formula is C14H25NO5. The molecular weight excluding hydrogens is 262 g/mol. The van der Waals surface area contributed by atoms with E-state index in [1.165, 1.54) is 6.92 Å². The molecule has 1 amide bonds. The summed E-state index contributed by atoms with van der Waals surface area (Å²) in [5.74, 6) is -1.29. The molecule has 1 saturated carbocycles. The van der Waals surface area contributed by atoms with Gasteiger partial charge < -0.3 is 20.3 Å². The number of aliphatic carboxylic acids is 1. The van der Waals surface area contributed by atoms with E-state index in [-0.39, 0.29) is 12.0 Å². The molecule has 1 atom stereocenters. The Labute approximate surface area is 119 Å². The Morgan fingerprint density at radius 2 is 1.60 bits per heavy atom. The number of nitrogens with one attached hydrogen (secondary N) is 1. The minimum absolute atomic E-state index is 0.212. The molecule has 0 unspecified atom stereocenters. The van der Waals surface area contributed by atoms with Gasteiger partial charge in [0, 0.05) is 0 Å². The van der Waals surface area contributed by atoms with Crippen molar-refractivity contribution in [2.24, 2.45) is 5.92 Å². The molecule has 0 spiro atoms. The van der Waals surface area contributed by atoms with Gasteiger partial charge in [-0.25, -0.2) is 9.59 Å². The van der Waals surface area contributed by atoms with Crippen LogP contribution in [0.5, 0.6) is 0 Å².